The summed E-state index contributed by atoms with van der Waals surface area (Å²) in [6.07, 6.45) is 2.49. The third-order valence-corrected chi connectivity index (χ3v) is 3.61. The van der Waals surface area contributed by atoms with Gasteiger partial charge in [0.1, 0.15) is 5.82 Å². The Kier molecular flexibility index (Phi) is 5.38. The third-order valence-electron chi connectivity index (χ3n) is 3.61. The molecule has 3 nitrogen and oxygen atoms in total. The van der Waals surface area contributed by atoms with Gasteiger partial charge in [-0.05, 0) is 50.5 Å². The fraction of sp³-hybridized carbons (Fsp3) is 0.625. The maximum absolute atomic E-state index is 13.8. The Morgan fingerprint density at radius 2 is 2.10 bits per heavy atom. The molecule has 0 aliphatic heterocycles. The molecule has 0 saturated heterocycles. The van der Waals surface area contributed by atoms with Crippen molar-refractivity contribution in [1.82, 2.24) is 5.32 Å². The highest BCUT2D eigenvalue weighted by Crippen LogP contribution is 2.23. The Bertz CT molecular complexity index is 432. The predicted molar refractivity (Wildman–Crippen MR) is 80.6 cm³/mol. The molecule has 1 saturated carbocycles. The first-order valence-electron chi connectivity index (χ1n) is 7.38. The Labute approximate surface area is 121 Å². The Morgan fingerprint density at radius 3 is 2.70 bits per heavy atom. The van der Waals surface area contributed by atoms with E-state index in [9.17, 15) is 4.39 Å². The molecule has 0 amide bonds. The Balaban J connectivity index is 2.10. The largest absolute Gasteiger partial charge is 0.383 e. The van der Waals surface area contributed by atoms with Crippen molar-refractivity contribution >= 4 is 5.69 Å². The van der Waals surface area contributed by atoms with E-state index in [1.54, 1.807) is 19.2 Å². The number of hydrogen-bond donors (Lipinski definition) is 1. The number of halogens is 1. The summed E-state index contributed by atoms with van der Waals surface area (Å²) in [5.41, 5.74) is 1.94. The lowest BCUT2D eigenvalue weighted by Crippen LogP contribution is -2.34. The van der Waals surface area contributed by atoms with Crippen LogP contribution in [0.3, 0.4) is 0 Å². The van der Waals surface area contributed by atoms with Crippen molar-refractivity contribution in [2.24, 2.45) is 0 Å². The van der Waals surface area contributed by atoms with Crippen LogP contribution in [0.5, 0.6) is 0 Å². The van der Waals surface area contributed by atoms with Crippen LogP contribution in [-0.4, -0.2) is 32.3 Å². The highest BCUT2D eigenvalue weighted by molar-refractivity contribution is 5.50. The summed E-state index contributed by atoms with van der Waals surface area (Å²) < 4.78 is 19.0. The van der Waals surface area contributed by atoms with Crippen molar-refractivity contribution in [2.45, 2.75) is 45.3 Å². The molecule has 0 unspecified atom stereocenters. The lowest BCUT2D eigenvalue weighted by atomic mass is 10.1. The van der Waals surface area contributed by atoms with Crippen molar-refractivity contribution in [3.05, 3.63) is 29.6 Å². The Hall–Kier alpha value is -1.13. The number of methoxy groups -OCH3 is 1. The van der Waals surface area contributed by atoms with Gasteiger partial charge in [-0.3, -0.25) is 0 Å². The van der Waals surface area contributed by atoms with E-state index in [-0.39, 0.29) is 5.82 Å². The summed E-state index contributed by atoms with van der Waals surface area (Å²) in [5.74, 6) is -0.168. The SMILES string of the molecule is COCCN(c1cc(F)cc(CNC2CC2)c1)C(C)C. The second kappa shape index (κ2) is 7.04. The second-order valence-corrected chi connectivity index (χ2v) is 5.75. The molecule has 0 radical (unpaired) electrons. The topological polar surface area (TPSA) is 24.5 Å². The van der Waals surface area contributed by atoms with Gasteiger partial charge in [0.15, 0.2) is 0 Å². The molecule has 1 aliphatic carbocycles. The zero-order valence-corrected chi connectivity index (χ0v) is 12.7. The summed E-state index contributed by atoms with van der Waals surface area (Å²) in [5, 5.41) is 3.43. The maximum atomic E-state index is 13.8. The summed E-state index contributed by atoms with van der Waals surface area (Å²) in [4.78, 5) is 2.17. The van der Waals surface area contributed by atoms with Gasteiger partial charge in [0.2, 0.25) is 0 Å². The molecule has 1 aromatic carbocycles. The van der Waals surface area contributed by atoms with Gasteiger partial charge in [-0.2, -0.15) is 0 Å². The zero-order valence-electron chi connectivity index (χ0n) is 12.7. The lowest BCUT2D eigenvalue weighted by molar-refractivity contribution is 0.204. The number of anilines is 1. The summed E-state index contributed by atoms with van der Waals surface area (Å²) in [6.45, 7) is 6.38. The van der Waals surface area contributed by atoms with E-state index in [1.807, 2.05) is 0 Å². The molecule has 4 heteroatoms. The van der Waals surface area contributed by atoms with Crippen LogP contribution in [0.25, 0.3) is 0 Å². The smallest absolute Gasteiger partial charge is 0.125 e. The minimum Gasteiger partial charge on any atom is -0.383 e. The van der Waals surface area contributed by atoms with Crippen LogP contribution in [0.4, 0.5) is 10.1 Å². The monoisotopic (exact) mass is 280 g/mol. The standard InChI is InChI=1S/C16H25FN2O/c1-12(2)19(6-7-20-3)16-9-13(8-14(17)10-16)11-18-15-4-5-15/h8-10,12,15,18H,4-7,11H2,1-3H3. The van der Waals surface area contributed by atoms with Gasteiger partial charge in [-0.15, -0.1) is 0 Å². The summed E-state index contributed by atoms with van der Waals surface area (Å²) in [6, 6.07) is 6.26. The number of nitrogens with zero attached hydrogens (tertiary/aromatic N) is 1. The predicted octanol–water partition coefficient (Wildman–Crippen LogP) is 2.94. The normalized spacial score (nSPS) is 14.8. The number of benzene rings is 1. The quantitative estimate of drug-likeness (QED) is 0.792. The van der Waals surface area contributed by atoms with Crippen molar-refractivity contribution in [1.29, 1.82) is 0 Å². The average Bonchev–Trinajstić information content (AvgIpc) is 3.20. The van der Waals surface area contributed by atoms with Crippen LogP contribution in [0.1, 0.15) is 32.3 Å². The average molecular weight is 280 g/mol. The lowest BCUT2D eigenvalue weighted by Gasteiger charge is -2.29. The van der Waals surface area contributed by atoms with Crippen LogP contribution in [0, 0.1) is 5.82 Å². The van der Waals surface area contributed by atoms with Gasteiger partial charge in [0.25, 0.3) is 0 Å². The maximum Gasteiger partial charge on any atom is 0.125 e. The van der Waals surface area contributed by atoms with Crippen LogP contribution in [0.2, 0.25) is 0 Å². The molecular formula is C16H25FN2O. The van der Waals surface area contributed by atoms with Gasteiger partial charge < -0.3 is 15.0 Å². The highest BCUT2D eigenvalue weighted by atomic mass is 19.1. The van der Waals surface area contributed by atoms with E-state index in [4.69, 9.17) is 4.74 Å². The molecule has 1 N–H and O–H groups in total. The van der Waals surface area contributed by atoms with Crippen molar-refractivity contribution < 1.29 is 9.13 Å². The molecule has 1 fully saturated rings. The molecular weight excluding hydrogens is 255 g/mol. The van der Waals surface area contributed by atoms with Crippen LogP contribution in [0.15, 0.2) is 18.2 Å². The van der Waals surface area contributed by atoms with E-state index < -0.39 is 0 Å². The minimum absolute atomic E-state index is 0.168. The first-order chi connectivity index (χ1) is 9.60. The van der Waals surface area contributed by atoms with Crippen molar-refractivity contribution in [2.75, 3.05) is 25.2 Å². The molecule has 20 heavy (non-hydrogen) atoms. The molecule has 0 aromatic heterocycles. The molecule has 0 heterocycles. The second-order valence-electron chi connectivity index (χ2n) is 5.75. The minimum atomic E-state index is -0.168. The molecule has 1 aliphatic rings. The summed E-state index contributed by atoms with van der Waals surface area (Å²) >= 11 is 0. The number of ether oxygens (including phenoxy) is 1. The summed E-state index contributed by atoms with van der Waals surface area (Å²) in [7, 11) is 1.69. The number of rotatable bonds is 8. The van der Waals surface area contributed by atoms with E-state index in [1.165, 1.54) is 12.8 Å². The van der Waals surface area contributed by atoms with Gasteiger partial charge >= 0.3 is 0 Å². The third kappa shape index (κ3) is 4.46. The first-order valence-corrected chi connectivity index (χ1v) is 7.38. The molecule has 0 bridgehead atoms. The fourth-order valence-electron chi connectivity index (χ4n) is 2.33. The molecule has 0 spiro atoms. The van der Waals surface area contributed by atoms with Crippen LogP contribution < -0.4 is 10.2 Å². The molecule has 112 valence electrons. The zero-order chi connectivity index (χ0) is 14.5. The van der Waals surface area contributed by atoms with Crippen molar-refractivity contribution in [3.63, 3.8) is 0 Å². The number of hydrogen-bond acceptors (Lipinski definition) is 3. The fourth-order valence-corrected chi connectivity index (χ4v) is 2.33. The molecule has 1 aromatic rings. The van der Waals surface area contributed by atoms with E-state index >= 15 is 0 Å². The molecule has 0 atom stereocenters. The number of nitrogens with one attached hydrogen (secondary N) is 1. The van der Waals surface area contributed by atoms with Gasteiger partial charge in [0, 0.05) is 38.0 Å². The first kappa shape index (κ1) is 15.3. The Morgan fingerprint density at radius 1 is 1.35 bits per heavy atom. The van der Waals surface area contributed by atoms with Crippen LogP contribution >= 0.6 is 0 Å². The van der Waals surface area contributed by atoms with Crippen molar-refractivity contribution in [3.8, 4) is 0 Å². The molecule has 2 rings (SSSR count). The van der Waals surface area contributed by atoms with Gasteiger partial charge in [-0.1, -0.05) is 0 Å². The van der Waals surface area contributed by atoms with Crippen LogP contribution in [-0.2, 0) is 11.3 Å². The van der Waals surface area contributed by atoms with Gasteiger partial charge in [0.05, 0.1) is 6.61 Å². The van der Waals surface area contributed by atoms with E-state index in [2.05, 4.69) is 30.1 Å². The van der Waals surface area contributed by atoms with Gasteiger partial charge in [-0.25, -0.2) is 4.39 Å². The van der Waals surface area contributed by atoms with E-state index in [0.717, 1.165) is 24.3 Å². The van der Waals surface area contributed by atoms with E-state index in [0.29, 0.717) is 18.7 Å². The highest BCUT2D eigenvalue weighted by Gasteiger charge is 2.20.